The van der Waals surface area contributed by atoms with Crippen LogP contribution >= 0.6 is 15.9 Å². The smallest absolute Gasteiger partial charge is 0.300 e. The van der Waals surface area contributed by atoms with Crippen LogP contribution in [0.15, 0.2) is 22.8 Å². The van der Waals surface area contributed by atoms with E-state index in [0.29, 0.717) is 6.61 Å². The minimum Gasteiger partial charge on any atom is -0.383 e. The van der Waals surface area contributed by atoms with E-state index in [2.05, 4.69) is 30.4 Å². The maximum Gasteiger partial charge on any atom is 0.300 e. The summed E-state index contributed by atoms with van der Waals surface area (Å²) in [5.74, 6) is 0.249. The number of nitrogens with one attached hydrogen (secondary N) is 2. The van der Waals surface area contributed by atoms with Gasteiger partial charge in [-0.1, -0.05) is 15.9 Å². The third-order valence-corrected chi connectivity index (χ3v) is 3.11. The van der Waals surface area contributed by atoms with Crippen molar-refractivity contribution in [2.75, 3.05) is 25.0 Å². The highest BCUT2D eigenvalue weighted by molar-refractivity contribution is 9.10. The van der Waals surface area contributed by atoms with Crippen molar-refractivity contribution in [3.8, 4) is 0 Å². The summed E-state index contributed by atoms with van der Waals surface area (Å²) in [7, 11) is -2.09. The fourth-order valence-corrected chi connectivity index (χ4v) is 2.06. The quantitative estimate of drug-likeness (QED) is 0.759. The third kappa shape index (κ3) is 4.88. The summed E-state index contributed by atoms with van der Waals surface area (Å²) in [6.45, 7) is 0.520. The largest absolute Gasteiger partial charge is 0.383 e. The van der Waals surface area contributed by atoms with Gasteiger partial charge in [-0.15, -0.1) is 0 Å². The first kappa shape index (κ1) is 13.4. The van der Waals surface area contributed by atoms with Gasteiger partial charge < -0.3 is 4.74 Å². The summed E-state index contributed by atoms with van der Waals surface area (Å²) in [5, 5.41) is 0. The molecule has 1 heterocycles. The summed E-state index contributed by atoms with van der Waals surface area (Å²) in [5.41, 5.74) is 0. The molecule has 0 spiro atoms. The fraction of sp³-hybridized carbons (Fsp3) is 0.375. The maximum atomic E-state index is 11.5. The topological polar surface area (TPSA) is 80.3 Å². The molecule has 16 heavy (non-hydrogen) atoms. The monoisotopic (exact) mass is 309 g/mol. The Morgan fingerprint density at radius 2 is 2.31 bits per heavy atom. The zero-order valence-electron chi connectivity index (χ0n) is 8.60. The number of ether oxygens (including phenoxy) is 1. The van der Waals surface area contributed by atoms with E-state index in [1.165, 1.54) is 13.3 Å². The van der Waals surface area contributed by atoms with Crippen molar-refractivity contribution >= 4 is 32.0 Å². The summed E-state index contributed by atoms with van der Waals surface area (Å²) in [4.78, 5) is 3.86. The van der Waals surface area contributed by atoms with E-state index in [9.17, 15) is 8.42 Å². The van der Waals surface area contributed by atoms with Crippen LogP contribution in [0.4, 0.5) is 5.82 Å². The van der Waals surface area contributed by atoms with Gasteiger partial charge in [0.1, 0.15) is 5.82 Å². The lowest BCUT2D eigenvalue weighted by atomic mass is 10.5. The SMILES string of the molecule is COCCNS(=O)(=O)Nc1cc(Br)ccn1. The number of anilines is 1. The Labute approximate surface area is 103 Å². The number of methoxy groups -OCH3 is 1. The van der Waals surface area contributed by atoms with Gasteiger partial charge in [-0.2, -0.15) is 13.1 Å². The van der Waals surface area contributed by atoms with Gasteiger partial charge in [0.05, 0.1) is 6.61 Å². The van der Waals surface area contributed by atoms with E-state index in [-0.39, 0.29) is 12.4 Å². The van der Waals surface area contributed by atoms with E-state index in [1.54, 1.807) is 12.1 Å². The van der Waals surface area contributed by atoms with Crippen LogP contribution in [0.25, 0.3) is 0 Å². The molecule has 0 saturated carbocycles. The van der Waals surface area contributed by atoms with Crippen LogP contribution in [-0.4, -0.2) is 33.7 Å². The third-order valence-electron chi connectivity index (χ3n) is 1.56. The molecule has 0 radical (unpaired) electrons. The summed E-state index contributed by atoms with van der Waals surface area (Å²) >= 11 is 3.22. The molecule has 0 unspecified atom stereocenters. The Balaban J connectivity index is 2.59. The molecule has 0 aliphatic rings. The fourth-order valence-electron chi connectivity index (χ4n) is 0.912. The van der Waals surface area contributed by atoms with Crippen molar-refractivity contribution in [3.63, 3.8) is 0 Å². The molecule has 0 atom stereocenters. The normalized spacial score (nSPS) is 11.4. The lowest BCUT2D eigenvalue weighted by Gasteiger charge is -2.08. The number of halogens is 1. The summed E-state index contributed by atoms with van der Waals surface area (Å²) < 4.78 is 33.0. The van der Waals surface area contributed by atoms with Crippen molar-refractivity contribution in [2.45, 2.75) is 0 Å². The number of aromatic nitrogens is 1. The Hall–Kier alpha value is -0.700. The van der Waals surface area contributed by atoms with Gasteiger partial charge in [0.25, 0.3) is 10.2 Å². The van der Waals surface area contributed by atoms with E-state index >= 15 is 0 Å². The summed E-state index contributed by atoms with van der Waals surface area (Å²) in [6, 6.07) is 3.27. The molecule has 90 valence electrons. The zero-order chi connectivity index (χ0) is 12.0. The van der Waals surface area contributed by atoms with Crippen LogP contribution in [0.3, 0.4) is 0 Å². The van der Waals surface area contributed by atoms with Gasteiger partial charge in [-0.25, -0.2) is 4.98 Å². The molecule has 1 aromatic rings. The molecule has 1 aromatic heterocycles. The number of pyridine rings is 1. The minimum atomic E-state index is -3.59. The van der Waals surface area contributed by atoms with E-state index < -0.39 is 10.2 Å². The first-order valence-corrected chi connectivity index (χ1v) is 6.69. The molecule has 0 aromatic carbocycles. The molecule has 0 saturated heterocycles. The van der Waals surface area contributed by atoms with Gasteiger partial charge in [0, 0.05) is 24.3 Å². The Kier molecular flexibility index (Phi) is 5.13. The average molecular weight is 310 g/mol. The molecule has 1 rings (SSSR count). The lowest BCUT2D eigenvalue weighted by molar-refractivity contribution is 0.204. The van der Waals surface area contributed by atoms with Gasteiger partial charge in [-0.3, -0.25) is 4.72 Å². The van der Waals surface area contributed by atoms with E-state index in [0.717, 1.165) is 4.47 Å². The van der Waals surface area contributed by atoms with E-state index in [4.69, 9.17) is 4.74 Å². The molecular weight excluding hydrogens is 298 g/mol. The standard InChI is InChI=1S/C8H12BrN3O3S/c1-15-5-4-11-16(13,14)12-8-6-7(9)2-3-10-8/h2-3,6,11H,4-5H2,1H3,(H,10,12). The summed E-state index contributed by atoms with van der Waals surface area (Å²) in [6.07, 6.45) is 1.50. The van der Waals surface area contributed by atoms with Crippen molar-refractivity contribution in [3.05, 3.63) is 22.8 Å². The lowest BCUT2D eigenvalue weighted by Crippen LogP contribution is -2.32. The molecule has 2 N–H and O–H groups in total. The van der Waals surface area contributed by atoms with Crippen molar-refractivity contribution in [1.82, 2.24) is 9.71 Å². The number of rotatable bonds is 6. The predicted molar refractivity (Wildman–Crippen MR) is 64.4 cm³/mol. The second-order valence-electron chi connectivity index (χ2n) is 2.85. The predicted octanol–water partition coefficient (Wildman–Crippen LogP) is 0.737. The van der Waals surface area contributed by atoms with Crippen LogP contribution in [-0.2, 0) is 14.9 Å². The van der Waals surface area contributed by atoms with Crippen molar-refractivity contribution < 1.29 is 13.2 Å². The van der Waals surface area contributed by atoms with E-state index in [1.807, 2.05) is 0 Å². The number of hydrogen-bond acceptors (Lipinski definition) is 4. The molecule has 0 aliphatic carbocycles. The zero-order valence-corrected chi connectivity index (χ0v) is 11.0. The first-order chi connectivity index (χ1) is 7.53. The van der Waals surface area contributed by atoms with Gasteiger partial charge in [0.15, 0.2) is 0 Å². The van der Waals surface area contributed by atoms with Crippen molar-refractivity contribution in [1.29, 1.82) is 0 Å². The van der Waals surface area contributed by atoms with Gasteiger partial charge in [0.2, 0.25) is 0 Å². The number of hydrogen-bond donors (Lipinski definition) is 2. The second-order valence-corrected chi connectivity index (χ2v) is 5.27. The van der Waals surface area contributed by atoms with Crippen LogP contribution in [0.2, 0.25) is 0 Å². The molecule has 0 aliphatic heterocycles. The van der Waals surface area contributed by atoms with Crippen molar-refractivity contribution in [2.24, 2.45) is 0 Å². The highest BCUT2D eigenvalue weighted by Crippen LogP contribution is 2.13. The van der Waals surface area contributed by atoms with Crippen LogP contribution in [0, 0.1) is 0 Å². The molecular formula is C8H12BrN3O3S. The highest BCUT2D eigenvalue weighted by Gasteiger charge is 2.09. The molecule has 0 bridgehead atoms. The molecule has 8 heteroatoms. The van der Waals surface area contributed by atoms with Crippen LogP contribution < -0.4 is 9.44 Å². The van der Waals surface area contributed by atoms with Gasteiger partial charge >= 0.3 is 0 Å². The van der Waals surface area contributed by atoms with Gasteiger partial charge in [-0.05, 0) is 12.1 Å². The Bertz CT molecular complexity index is 438. The molecule has 0 amide bonds. The average Bonchev–Trinajstić information content (AvgIpc) is 2.17. The van der Waals surface area contributed by atoms with Crippen LogP contribution in [0.5, 0.6) is 0 Å². The molecule has 6 nitrogen and oxygen atoms in total. The Morgan fingerprint density at radius 3 is 2.94 bits per heavy atom. The van der Waals surface area contributed by atoms with Crippen LogP contribution in [0.1, 0.15) is 0 Å². The minimum absolute atomic E-state index is 0.208. The first-order valence-electron chi connectivity index (χ1n) is 4.41. The number of nitrogens with zero attached hydrogens (tertiary/aromatic N) is 1. The Morgan fingerprint density at radius 1 is 1.56 bits per heavy atom. The maximum absolute atomic E-state index is 11.5. The highest BCUT2D eigenvalue weighted by atomic mass is 79.9. The second kappa shape index (κ2) is 6.14. The molecule has 0 fully saturated rings.